The summed E-state index contributed by atoms with van der Waals surface area (Å²) < 4.78 is 1.55. The monoisotopic (exact) mass is 385 g/mol. The van der Waals surface area contributed by atoms with Crippen LogP contribution in [0.25, 0.3) is 0 Å². The Morgan fingerprint density at radius 1 is 1.08 bits per heavy atom. The minimum atomic E-state index is -0.179. The standard InChI is InChI=1S/C20H20ClN3OS/c1-12-9-13(2)18(14(3)10-12)26-17-11-24(4)20(25)19(23-17)22-16-7-5-15(21)6-8-16/h5-11H,1-4H3,(H,22,23). The molecule has 2 aromatic carbocycles. The van der Waals surface area contributed by atoms with Gasteiger partial charge in [-0.2, -0.15) is 0 Å². The fourth-order valence-electron chi connectivity index (χ4n) is 2.81. The molecule has 3 rings (SSSR count). The third kappa shape index (κ3) is 4.11. The van der Waals surface area contributed by atoms with Crippen molar-refractivity contribution >= 4 is 34.9 Å². The number of hydrogen-bond donors (Lipinski definition) is 1. The Kier molecular flexibility index (Phi) is 5.39. The molecule has 134 valence electrons. The number of hydrogen-bond acceptors (Lipinski definition) is 4. The highest BCUT2D eigenvalue weighted by molar-refractivity contribution is 7.99. The van der Waals surface area contributed by atoms with E-state index >= 15 is 0 Å². The molecular weight excluding hydrogens is 366 g/mol. The van der Waals surface area contributed by atoms with Crippen LogP contribution >= 0.6 is 23.4 Å². The average Bonchev–Trinajstić information content (AvgIpc) is 2.57. The van der Waals surface area contributed by atoms with Crippen molar-refractivity contribution in [1.82, 2.24) is 9.55 Å². The van der Waals surface area contributed by atoms with Crippen LogP contribution in [0.15, 0.2) is 57.3 Å². The first-order chi connectivity index (χ1) is 12.3. The van der Waals surface area contributed by atoms with Crippen molar-refractivity contribution in [3.8, 4) is 0 Å². The molecule has 0 bridgehead atoms. The zero-order valence-corrected chi connectivity index (χ0v) is 16.7. The normalized spacial score (nSPS) is 10.8. The van der Waals surface area contributed by atoms with E-state index in [1.807, 2.05) is 12.1 Å². The van der Waals surface area contributed by atoms with Crippen LogP contribution in [0.4, 0.5) is 11.5 Å². The SMILES string of the molecule is Cc1cc(C)c(Sc2cn(C)c(=O)c(Nc3ccc(Cl)cc3)n2)c(C)c1. The lowest BCUT2D eigenvalue weighted by atomic mass is 10.1. The number of benzene rings is 2. The van der Waals surface area contributed by atoms with E-state index < -0.39 is 0 Å². The number of nitrogens with zero attached hydrogens (tertiary/aromatic N) is 2. The number of aromatic nitrogens is 2. The number of rotatable bonds is 4. The Hall–Kier alpha value is -2.24. The molecule has 0 amide bonds. The van der Waals surface area contributed by atoms with E-state index in [0.29, 0.717) is 10.8 Å². The van der Waals surface area contributed by atoms with Gasteiger partial charge in [-0.25, -0.2) is 4.98 Å². The molecule has 26 heavy (non-hydrogen) atoms. The minimum Gasteiger partial charge on any atom is -0.336 e. The summed E-state index contributed by atoms with van der Waals surface area (Å²) in [5, 5.41) is 4.50. The summed E-state index contributed by atoms with van der Waals surface area (Å²) >= 11 is 7.48. The summed E-state index contributed by atoms with van der Waals surface area (Å²) in [6, 6.07) is 11.5. The maximum absolute atomic E-state index is 12.4. The van der Waals surface area contributed by atoms with Crippen LogP contribution in [0, 0.1) is 20.8 Å². The summed E-state index contributed by atoms with van der Waals surface area (Å²) in [5.41, 5.74) is 4.24. The van der Waals surface area contributed by atoms with Crippen molar-refractivity contribution in [1.29, 1.82) is 0 Å². The predicted octanol–water partition coefficient (Wildman–Crippen LogP) is 5.25. The highest BCUT2D eigenvalue weighted by atomic mass is 35.5. The van der Waals surface area contributed by atoms with E-state index in [4.69, 9.17) is 11.6 Å². The zero-order valence-electron chi connectivity index (χ0n) is 15.1. The topological polar surface area (TPSA) is 46.9 Å². The van der Waals surface area contributed by atoms with Crippen LogP contribution in [0.5, 0.6) is 0 Å². The fraction of sp³-hybridized carbons (Fsp3) is 0.200. The van der Waals surface area contributed by atoms with E-state index in [2.05, 4.69) is 43.2 Å². The predicted molar refractivity (Wildman–Crippen MR) is 109 cm³/mol. The zero-order chi connectivity index (χ0) is 18.8. The third-order valence-corrected chi connectivity index (χ3v) is 5.47. The van der Waals surface area contributed by atoms with Crippen molar-refractivity contribution in [2.45, 2.75) is 30.7 Å². The first kappa shape index (κ1) is 18.5. The van der Waals surface area contributed by atoms with Gasteiger partial charge < -0.3 is 9.88 Å². The second-order valence-electron chi connectivity index (χ2n) is 6.31. The molecule has 1 aromatic heterocycles. The van der Waals surface area contributed by atoms with Crippen molar-refractivity contribution in [3.63, 3.8) is 0 Å². The van der Waals surface area contributed by atoms with Crippen LogP contribution in [0.1, 0.15) is 16.7 Å². The Balaban J connectivity index is 1.96. The molecule has 0 saturated heterocycles. The van der Waals surface area contributed by atoms with E-state index in [-0.39, 0.29) is 5.56 Å². The van der Waals surface area contributed by atoms with Crippen molar-refractivity contribution < 1.29 is 0 Å². The Morgan fingerprint density at radius 3 is 2.31 bits per heavy atom. The van der Waals surface area contributed by atoms with Gasteiger partial charge in [0.1, 0.15) is 5.03 Å². The lowest BCUT2D eigenvalue weighted by Gasteiger charge is -2.13. The second-order valence-corrected chi connectivity index (χ2v) is 7.77. The van der Waals surface area contributed by atoms with Gasteiger partial charge in [0, 0.05) is 28.9 Å². The molecule has 0 saturated carbocycles. The quantitative estimate of drug-likeness (QED) is 0.665. The summed E-state index contributed by atoms with van der Waals surface area (Å²) in [7, 11) is 1.73. The highest BCUT2D eigenvalue weighted by Gasteiger charge is 2.11. The van der Waals surface area contributed by atoms with Gasteiger partial charge in [-0.3, -0.25) is 4.79 Å². The van der Waals surface area contributed by atoms with Gasteiger partial charge in [0.25, 0.3) is 5.56 Å². The molecule has 0 aliphatic carbocycles. The number of nitrogens with one attached hydrogen (secondary N) is 1. The first-order valence-electron chi connectivity index (χ1n) is 8.19. The molecule has 0 unspecified atom stereocenters. The molecule has 1 heterocycles. The molecule has 0 fully saturated rings. The van der Waals surface area contributed by atoms with Gasteiger partial charge in [-0.1, -0.05) is 41.1 Å². The minimum absolute atomic E-state index is 0.179. The van der Waals surface area contributed by atoms with Crippen molar-refractivity contribution in [2.24, 2.45) is 7.05 Å². The van der Waals surface area contributed by atoms with E-state index in [1.54, 1.807) is 41.7 Å². The average molecular weight is 386 g/mol. The molecule has 3 aromatic rings. The van der Waals surface area contributed by atoms with Crippen molar-refractivity contribution in [3.05, 3.63) is 74.7 Å². The fourth-order valence-corrected chi connectivity index (χ4v) is 3.93. The largest absolute Gasteiger partial charge is 0.336 e. The van der Waals surface area contributed by atoms with Gasteiger partial charge in [0.2, 0.25) is 0 Å². The summed E-state index contributed by atoms with van der Waals surface area (Å²) in [5.74, 6) is 0.294. The van der Waals surface area contributed by atoms with Crippen LogP contribution in [-0.4, -0.2) is 9.55 Å². The Bertz CT molecular complexity index is 990. The molecule has 0 radical (unpaired) electrons. The number of aryl methyl sites for hydroxylation is 4. The van der Waals surface area contributed by atoms with Gasteiger partial charge in [0.15, 0.2) is 5.82 Å². The summed E-state index contributed by atoms with van der Waals surface area (Å²) in [4.78, 5) is 18.1. The van der Waals surface area contributed by atoms with Gasteiger partial charge in [-0.05, 0) is 56.2 Å². The molecular formula is C20H20ClN3OS. The number of halogens is 1. The van der Waals surface area contributed by atoms with Gasteiger partial charge in [-0.15, -0.1) is 0 Å². The van der Waals surface area contributed by atoms with Gasteiger partial charge >= 0.3 is 0 Å². The Morgan fingerprint density at radius 2 is 1.69 bits per heavy atom. The van der Waals surface area contributed by atoms with Crippen LogP contribution in [0.3, 0.4) is 0 Å². The maximum atomic E-state index is 12.4. The second kappa shape index (κ2) is 7.56. The Labute approximate surface area is 162 Å². The molecule has 0 aliphatic rings. The molecule has 4 nitrogen and oxygen atoms in total. The molecule has 6 heteroatoms. The smallest absolute Gasteiger partial charge is 0.293 e. The maximum Gasteiger partial charge on any atom is 0.293 e. The highest BCUT2D eigenvalue weighted by Crippen LogP contribution is 2.32. The lowest BCUT2D eigenvalue weighted by Crippen LogP contribution is -2.21. The van der Waals surface area contributed by atoms with Crippen molar-refractivity contribution in [2.75, 3.05) is 5.32 Å². The lowest BCUT2D eigenvalue weighted by molar-refractivity contribution is 0.810. The molecule has 0 atom stereocenters. The molecule has 0 aliphatic heterocycles. The third-order valence-electron chi connectivity index (χ3n) is 3.97. The number of anilines is 2. The van der Waals surface area contributed by atoms with Crippen LogP contribution in [0.2, 0.25) is 5.02 Å². The van der Waals surface area contributed by atoms with E-state index in [9.17, 15) is 4.79 Å². The van der Waals surface area contributed by atoms with E-state index in [1.165, 1.54) is 21.6 Å². The summed E-state index contributed by atoms with van der Waals surface area (Å²) in [6.07, 6.45) is 1.76. The molecule has 0 spiro atoms. The first-order valence-corrected chi connectivity index (χ1v) is 9.39. The van der Waals surface area contributed by atoms with Crippen LogP contribution in [-0.2, 0) is 7.05 Å². The summed E-state index contributed by atoms with van der Waals surface area (Å²) in [6.45, 7) is 6.28. The van der Waals surface area contributed by atoms with Crippen LogP contribution < -0.4 is 10.9 Å². The van der Waals surface area contributed by atoms with Gasteiger partial charge in [0.05, 0.1) is 0 Å². The molecule has 1 N–H and O–H groups in total. The van der Waals surface area contributed by atoms with E-state index in [0.717, 1.165) is 10.7 Å².